The fraction of sp³-hybridized carbons (Fsp3) is 0.409. The molecule has 1 amide bonds. The van der Waals surface area contributed by atoms with Gasteiger partial charge in [0.15, 0.2) is 0 Å². The number of hydrogen-bond acceptors (Lipinski definition) is 4. The molecular formula is C22H28N2O3. The Morgan fingerprint density at radius 2 is 1.67 bits per heavy atom. The molecule has 2 aromatic carbocycles. The van der Waals surface area contributed by atoms with Gasteiger partial charge in [0.2, 0.25) is 5.91 Å². The van der Waals surface area contributed by atoms with E-state index in [4.69, 9.17) is 9.47 Å². The minimum atomic E-state index is 0.189. The molecule has 1 heterocycles. The Hall–Kier alpha value is -2.53. The summed E-state index contributed by atoms with van der Waals surface area (Å²) in [6, 6.07) is 16.0. The number of ether oxygens (including phenoxy) is 2. The van der Waals surface area contributed by atoms with Gasteiger partial charge in [-0.3, -0.25) is 9.69 Å². The Morgan fingerprint density at radius 1 is 0.889 bits per heavy atom. The molecule has 0 saturated carbocycles. The molecule has 5 heteroatoms. The monoisotopic (exact) mass is 368 g/mol. The van der Waals surface area contributed by atoms with E-state index in [0.717, 1.165) is 56.2 Å². The van der Waals surface area contributed by atoms with Crippen LogP contribution >= 0.6 is 0 Å². The average Bonchev–Trinajstić information content (AvgIpc) is 2.94. The second-order valence-electron chi connectivity index (χ2n) is 6.89. The molecule has 5 nitrogen and oxygen atoms in total. The van der Waals surface area contributed by atoms with Crippen LogP contribution in [-0.4, -0.2) is 56.1 Å². The molecule has 0 unspecified atom stereocenters. The number of carbonyl (C=O) groups is 1. The van der Waals surface area contributed by atoms with Gasteiger partial charge in [0.1, 0.15) is 11.5 Å². The molecule has 2 aromatic rings. The maximum Gasteiger partial charge on any atom is 0.227 e. The fourth-order valence-electron chi connectivity index (χ4n) is 3.44. The van der Waals surface area contributed by atoms with Crippen LogP contribution in [0.25, 0.3) is 0 Å². The lowest BCUT2D eigenvalue weighted by Gasteiger charge is -2.22. The van der Waals surface area contributed by atoms with Crippen molar-refractivity contribution in [2.75, 3.05) is 40.4 Å². The summed E-state index contributed by atoms with van der Waals surface area (Å²) in [6.45, 7) is 4.41. The first-order valence-electron chi connectivity index (χ1n) is 9.44. The van der Waals surface area contributed by atoms with Crippen LogP contribution < -0.4 is 9.47 Å². The van der Waals surface area contributed by atoms with Crippen LogP contribution in [0.5, 0.6) is 11.5 Å². The molecule has 1 aliphatic rings. The van der Waals surface area contributed by atoms with E-state index in [1.54, 1.807) is 14.2 Å². The van der Waals surface area contributed by atoms with Gasteiger partial charge < -0.3 is 14.4 Å². The first kappa shape index (κ1) is 19.2. The van der Waals surface area contributed by atoms with Gasteiger partial charge in [-0.05, 0) is 41.8 Å². The number of benzene rings is 2. The van der Waals surface area contributed by atoms with E-state index in [-0.39, 0.29) is 5.91 Å². The van der Waals surface area contributed by atoms with Crippen molar-refractivity contribution in [1.29, 1.82) is 0 Å². The van der Waals surface area contributed by atoms with Crippen molar-refractivity contribution in [3.8, 4) is 11.5 Å². The topological polar surface area (TPSA) is 42.0 Å². The molecule has 3 rings (SSSR count). The van der Waals surface area contributed by atoms with Gasteiger partial charge in [-0.2, -0.15) is 0 Å². The quantitative estimate of drug-likeness (QED) is 0.786. The third kappa shape index (κ3) is 5.47. The summed E-state index contributed by atoms with van der Waals surface area (Å²) < 4.78 is 10.5. The van der Waals surface area contributed by atoms with E-state index in [9.17, 15) is 4.79 Å². The normalized spacial score (nSPS) is 15.3. The molecule has 1 aliphatic heterocycles. The summed E-state index contributed by atoms with van der Waals surface area (Å²) in [5.41, 5.74) is 2.27. The Balaban J connectivity index is 1.53. The third-order valence-corrected chi connectivity index (χ3v) is 5.00. The Bertz CT molecular complexity index is 745. The Kier molecular flexibility index (Phi) is 6.71. The Morgan fingerprint density at radius 3 is 2.41 bits per heavy atom. The lowest BCUT2D eigenvalue weighted by molar-refractivity contribution is -0.130. The maximum absolute atomic E-state index is 12.7. The highest BCUT2D eigenvalue weighted by molar-refractivity contribution is 5.79. The highest BCUT2D eigenvalue weighted by Crippen LogP contribution is 2.16. The minimum absolute atomic E-state index is 0.189. The highest BCUT2D eigenvalue weighted by Gasteiger charge is 2.19. The van der Waals surface area contributed by atoms with Crippen LogP contribution in [-0.2, 0) is 17.8 Å². The van der Waals surface area contributed by atoms with Gasteiger partial charge in [0, 0.05) is 32.7 Å². The highest BCUT2D eigenvalue weighted by atomic mass is 16.5. The number of rotatable bonds is 6. The SMILES string of the molecule is COc1ccc(CN2CCCN(C(=O)Cc3cccc(OC)c3)CC2)cc1. The summed E-state index contributed by atoms with van der Waals surface area (Å²) in [5.74, 6) is 1.86. The molecular weight excluding hydrogens is 340 g/mol. The van der Waals surface area contributed by atoms with E-state index >= 15 is 0 Å². The maximum atomic E-state index is 12.7. The van der Waals surface area contributed by atoms with E-state index in [1.165, 1.54) is 5.56 Å². The van der Waals surface area contributed by atoms with Gasteiger partial charge >= 0.3 is 0 Å². The van der Waals surface area contributed by atoms with Crippen molar-refractivity contribution >= 4 is 5.91 Å². The average molecular weight is 368 g/mol. The van der Waals surface area contributed by atoms with Crippen molar-refractivity contribution in [2.24, 2.45) is 0 Å². The second-order valence-corrected chi connectivity index (χ2v) is 6.89. The predicted octanol–water partition coefficient (Wildman–Crippen LogP) is 2.98. The molecule has 0 N–H and O–H groups in total. The molecule has 1 fully saturated rings. The zero-order valence-electron chi connectivity index (χ0n) is 16.2. The third-order valence-electron chi connectivity index (χ3n) is 5.00. The van der Waals surface area contributed by atoms with Gasteiger partial charge in [0.25, 0.3) is 0 Å². The number of carbonyl (C=O) groups excluding carboxylic acids is 1. The summed E-state index contributed by atoms with van der Waals surface area (Å²) >= 11 is 0. The van der Waals surface area contributed by atoms with Gasteiger partial charge in [-0.1, -0.05) is 24.3 Å². The minimum Gasteiger partial charge on any atom is -0.497 e. The van der Waals surface area contributed by atoms with Crippen LogP contribution in [0.15, 0.2) is 48.5 Å². The largest absolute Gasteiger partial charge is 0.497 e. The standard InChI is InChI=1S/C22H28N2O3/c1-26-20-9-7-18(8-10-20)17-23-11-4-12-24(14-13-23)22(25)16-19-5-3-6-21(15-19)27-2/h3,5-10,15H,4,11-14,16-17H2,1-2H3. The lowest BCUT2D eigenvalue weighted by atomic mass is 10.1. The smallest absolute Gasteiger partial charge is 0.227 e. The summed E-state index contributed by atoms with van der Waals surface area (Å²) in [6.07, 6.45) is 1.43. The van der Waals surface area contributed by atoms with Crippen LogP contribution in [0.3, 0.4) is 0 Å². The molecule has 1 saturated heterocycles. The Labute approximate surface area is 161 Å². The van der Waals surface area contributed by atoms with Crippen molar-refractivity contribution in [3.05, 3.63) is 59.7 Å². The summed E-state index contributed by atoms with van der Waals surface area (Å²) in [4.78, 5) is 17.1. The van der Waals surface area contributed by atoms with Crippen LogP contribution in [0.1, 0.15) is 17.5 Å². The second kappa shape index (κ2) is 9.42. The molecule has 0 aliphatic carbocycles. The van der Waals surface area contributed by atoms with Gasteiger partial charge in [-0.15, -0.1) is 0 Å². The first-order chi connectivity index (χ1) is 13.2. The van der Waals surface area contributed by atoms with Crippen molar-refractivity contribution < 1.29 is 14.3 Å². The van der Waals surface area contributed by atoms with E-state index in [0.29, 0.717) is 6.42 Å². The number of hydrogen-bond donors (Lipinski definition) is 0. The van der Waals surface area contributed by atoms with Gasteiger partial charge in [-0.25, -0.2) is 0 Å². The van der Waals surface area contributed by atoms with E-state index in [1.807, 2.05) is 41.3 Å². The van der Waals surface area contributed by atoms with Crippen LogP contribution in [0.2, 0.25) is 0 Å². The fourth-order valence-corrected chi connectivity index (χ4v) is 3.44. The molecule has 144 valence electrons. The van der Waals surface area contributed by atoms with E-state index in [2.05, 4.69) is 17.0 Å². The number of methoxy groups -OCH3 is 2. The predicted molar refractivity (Wildman–Crippen MR) is 106 cm³/mol. The lowest BCUT2D eigenvalue weighted by Crippen LogP contribution is -2.36. The summed E-state index contributed by atoms with van der Waals surface area (Å²) in [7, 11) is 3.33. The molecule has 27 heavy (non-hydrogen) atoms. The first-order valence-corrected chi connectivity index (χ1v) is 9.44. The van der Waals surface area contributed by atoms with Crippen molar-refractivity contribution in [1.82, 2.24) is 9.80 Å². The number of amides is 1. The zero-order valence-corrected chi connectivity index (χ0v) is 16.2. The van der Waals surface area contributed by atoms with Crippen molar-refractivity contribution in [3.63, 3.8) is 0 Å². The molecule has 0 atom stereocenters. The van der Waals surface area contributed by atoms with Gasteiger partial charge in [0.05, 0.1) is 20.6 Å². The van der Waals surface area contributed by atoms with Crippen LogP contribution in [0, 0.1) is 0 Å². The van der Waals surface area contributed by atoms with E-state index < -0.39 is 0 Å². The number of nitrogens with zero attached hydrogens (tertiary/aromatic N) is 2. The zero-order chi connectivity index (χ0) is 19.1. The molecule has 0 aromatic heterocycles. The summed E-state index contributed by atoms with van der Waals surface area (Å²) in [5, 5.41) is 0. The molecule has 0 radical (unpaired) electrons. The van der Waals surface area contributed by atoms with Crippen molar-refractivity contribution in [2.45, 2.75) is 19.4 Å². The molecule has 0 spiro atoms. The molecule has 0 bridgehead atoms. The van der Waals surface area contributed by atoms with Crippen LogP contribution in [0.4, 0.5) is 0 Å².